The Morgan fingerprint density at radius 1 is 0.543 bits per heavy atom. The van der Waals surface area contributed by atoms with Gasteiger partial charge in [-0.2, -0.15) is 0 Å². The van der Waals surface area contributed by atoms with E-state index in [1.807, 2.05) is 0 Å². The standard InChI is InChI=1S/2C14H21OP.C8H12.BF4.Rh/c2*1-15-13-9-5-4-8-12(13)14(16-2)10-6-3-7-11-14;1-2-4-6-8-7-5-3-1;2-1(3,4)5;/h2*4-5,8-9,16H,3,6-7,10-11H2,1-2H3;1-2,7-8H,3-6H2;;/q;;;-1;/b;;2-1-,8-7?;;. The molecule has 1 radical (unpaired) electrons. The summed E-state index contributed by atoms with van der Waals surface area (Å²) in [6.45, 7) is 4.69. The van der Waals surface area contributed by atoms with Gasteiger partial charge in [-0.1, -0.05) is 99.2 Å². The van der Waals surface area contributed by atoms with E-state index in [0.29, 0.717) is 10.3 Å². The molecule has 2 atom stereocenters. The van der Waals surface area contributed by atoms with Gasteiger partial charge in [0.25, 0.3) is 0 Å². The van der Waals surface area contributed by atoms with Crippen LogP contribution in [0.2, 0.25) is 0 Å². The monoisotopic (exact) mass is 770 g/mol. The zero-order valence-electron chi connectivity index (χ0n) is 28.1. The molecule has 3 aliphatic rings. The topological polar surface area (TPSA) is 18.5 Å². The Hall–Kier alpha value is -1.21. The fourth-order valence-corrected chi connectivity index (χ4v) is 9.21. The molecule has 3 aliphatic carbocycles. The van der Waals surface area contributed by atoms with Crippen LogP contribution in [-0.4, -0.2) is 34.8 Å². The maximum absolute atomic E-state index is 9.75. The van der Waals surface area contributed by atoms with Crippen molar-refractivity contribution in [3.63, 3.8) is 0 Å². The van der Waals surface area contributed by atoms with E-state index in [-0.39, 0.29) is 19.5 Å². The molecule has 2 fully saturated rings. The van der Waals surface area contributed by atoms with Gasteiger partial charge in [0, 0.05) is 40.9 Å². The van der Waals surface area contributed by atoms with Crippen LogP contribution in [-0.2, 0) is 29.8 Å². The number of para-hydroxylation sites is 2. The van der Waals surface area contributed by atoms with Crippen molar-refractivity contribution in [2.75, 3.05) is 27.5 Å². The molecule has 0 spiro atoms. The number of hydrogen-bond donors (Lipinski definition) is 0. The quantitative estimate of drug-likeness (QED) is 0.126. The summed E-state index contributed by atoms with van der Waals surface area (Å²) >= 11 is 0. The first-order valence-corrected chi connectivity index (χ1v) is 19.5. The molecular formula is C36H54BF4O2P2Rh-. The normalized spacial score (nSPS) is 19.5. The Morgan fingerprint density at radius 3 is 1.09 bits per heavy atom. The molecule has 2 nitrogen and oxygen atoms in total. The number of halogens is 4. The van der Waals surface area contributed by atoms with Crippen molar-refractivity contribution in [1.29, 1.82) is 0 Å². The van der Waals surface area contributed by atoms with Crippen LogP contribution >= 0.6 is 17.2 Å². The van der Waals surface area contributed by atoms with Gasteiger partial charge < -0.3 is 26.7 Å². The van der Waals surface area contributed by atoms with Crippen LogP contribution in [0.25, 0.3) is 0 Å². The summed E-state index contributed by atoms with van der Waals surface area (Å²) in [4.78, 5) is 0. The number of ether oxygens (including phenoxy) is 2. The van der Waals surface area contributed by atoms with Crippen LogP contribution in [0.15, 0.2) is 72.8 Å². The second-order valence-electron chi connectivity index (χ2n) is 11.8. The minimum Gasteiger partial charge on any atom is -0.496 e. The summed E-state index contributed by atoms with van der Waals surface area (Å²) in [7, 11) is -0.480. The Kier molecular flexibility index (Phi) is 21.6. The van der Waals surface area contributed by atoms with Gasteiger partial charge in [0.1, 0.15) is 11.5 Å². The molecule has 2 unspecified atom stereocenters. The molecule has 0 N–H and O–H groups in total. The third kappa shape index (κ3) is 14.9. The predicted molar refractivity (Wildman–Crippen MR) is 191 cm³/mol. The molecule has 0 amide bonds. The van der Waals surface area contributed by atoms with E-state index < -0.39 is 7.25 Å². The minimum absolute atomic E-state index is 0. The molecular weight excluding hydrogens is 716 g/mol. The van der Waals surface area contributed by atoms with Crippen molar-refractivity contribution in [3.05, 3.63) is 84.0 Å². The number of rotatable bonds is 6. The summed E-state index contributed by atoms with van der Waals surface area (Å²) < 4.78 is 50.1. The summed E-state index contributed by atoms with van der Waals surface area (Å²) in [5, 5.41) is 0.815. The van der Waals surface area contributed by atoms with Gasteiger partial charge in [0.2, 0.25) is 0 Å². The molecule has 0 aliphatic heterocycles. The minimum atomic E-state index is -6.00. The van der Waals surface area contributed by atoms with Gasteiger partial charge in [-0.15, -0.1) is 17.2 Å². The van der Waals surface area contributed by atoms with E-state index in [4.69, 9.17) is 9.47 Å². The second-order valence-corrected chi connectivity index (χ2v) is 14.7. The Labute approximate surface area is 292 Å². The zero-order chi connectivity index (χ0) is 33.0. The molecule has 0 heterocycles. The number of benzene rings is 2. The number of methoxy groups -OCH3 is 2. The van der Waals surface area contributed by atoms with Gasteiger partial charge in [-0.3, -0.25) is 0 Å². The Balaban J connectivity index is 0.000000332. The van der Waals surface area contributed by atoms with Crippen LogP contribution in [0, 0.1) is 0 Å². The summed E-state index contributed by atoms with van der Waals surface area (Å²) in [5.74, 6) is 2.16. The van der Waals surface area contributed by atoms with Crippen molar-refractivity contribution in [2.24, 2.45) is 0 Å². The van der Waals surface area contributed by atoms with Crippen molar-refractivity contribution in [3.8, 4) is 11.5 Å². The van der Waals surface area contributed by atoms with E-state index in [9.17, 15) is 17.3 Å². The maximum Gasteiger partial charge on any atom is 0.673 e. The predicted octanol–water partition coefficient (Wildman–Crippen LogP) is 12.3. The molecule has 2 aromatic rings. The van der Waals surface area contributed by atoms with Gasteiger partial charge in [-0.25, -0.2) is 0 Å². The number of allylic oxidation sites excluding steroid dienone is 4. The van der Waals surface area contributed by atoms with Crippen molar-refractivity contribution in [2.45, 2.75) is 100 Å². The van der Waals surface area contributed by atoms with Crippen molar-refractivity contribution >= 4 is 24.4 Å². The first kappa shape index (κ1) is 42.8. The van der Waals surface area contributed by atoms with Crippen LogP contribution in [0.5, 0.6) is 11.5 Å². The molecule has 0 aromatic heterocycles. The molecule has 2 aromatic carbocycles. The molecule has 0 bridgehead atoms. The molecule has 2 saturated carbocycles. The van der Waals surface area contributed by atoms with Gasteiger partial charge in [-0.05, 0) is 76.8 Å². The van der Waals surface area contributed by atoms with Crippen LogP contribution in [0.1, 0.15) is 101 Å². The molecule has 10 heteroatoms. The van der Waals surface area contributed by atoms with Crippen molar-refractivity contribution in [1.82, 2.24) is 0 Å². The SMILES string of the molecule is C1=CCC/C=C\CC1.COc1ccccc1C1(PC)CCCCC1.COc1ccccc1C1(PC)CCCCC1.F[B-](F)(F)F.[Rh]. The average Bonchev–Trinajstić information content (AvgIpc) is 3.05. The van der Waals surface area contributed by atoms with E-state index in [2.05, 4.69) is 86.2 Å². The van der Waals surface area contributed by atoms with E-state index in [1.165, 1.54) is 101 Å². The smallest absolute Gasteiger partial charge is 0.496 e. The largest absolute Gasteiger partial charge is 0.673 e. The van der Waals surface area contributed by atoms with Gasteiger partial charge >= 0.3 is 7.25 Å². The summed E-state index contributed by atoms with van der Waals surface area (Å²) in [5.41, 5.74) is 2.89. The third-order valence-electron chi connectivity index (χ3n) is 8.95. The molecule has 261 valence electrons. The Morgan fingerprint density at radius 2 is 0.826 bits per heavy atom. The average molecular weight is 770 g/mol. The van der Waals surface area contributed by atoms with Crippen LogP contribution < -0.4 is 9.47 Å². The fraction of sp³-hybridized carbons (Fsp3) is 0.556. The molecule has 0 saturated heterocycles. The Bertz CT molecular complexity index is 1050. The fourth-order valence-electron chi connectivity index (χ4n) is 6.55. The third-order valence-corrected chi connectivity index (χ3v) is 12.4. The van der Waals surface area contributed by atoms with Crippen LogP contribution in [0.4, 0.5) is 17.3 Å². The first-order chi connectivity index (χ1) is 21.6. The molecule has 5 rings (SSSR count). The van der Waals surface area contributed by atoms with E-state index in [0.717, 1.165) is 28.7 Å². The summed E-state index contributed by atoms with van der Waals surface area (Å²) in [6.07, 6.45) is 27.6. The van der Waals surface area contributed by atoms with Gasteiger partial charge in [0.05, 0.1) is 14.2 Å². The van der Waals surface area contributed by atoms with Crippen LogP contribution in [0.3, 0.4) is 0 Å². The maximum atomic E-state index is 9.75. The first-order valence-electron chi connectivity index (χ1n) is 16.5. The van der Waals surface area contributed by atoms with E-state index >= 15 is 0 Å². The number of hydrogen-bond acceptors (Lipinski definition) is 2. The zero-order valence-corrected chi connectivity index (χ0v) is 31.7. The van der Waals surface area contributed by atoms with E-state index in [1.54, 1.807) is 14.2 Å². The van der Waals surface area contributed by atoms with Gasteiger partial charge in [0.15, 0.2) is 0 Å². The summed E-state index contributed by atoms with van der Waals surface area (Å²) in [6, 6.07) is 17.2. The molecule has 46 heavy (non-hydrogen) atoms. The second kappa shape index (κ2) is 23.2. The van der Waals surface area contributed by atoms with Crippen molar-refractivity contribution < 1.29 is 46.2 Å².